The Kier molecular flexibility index (Phi) is 7.49. The highest BCUT2D eigenvalue weighted by atomic mass is 35.5. The SMILES string of the molecule is C=CCN(C(C)=O)[C@H]1CCN(CC(=O)Nc2ccc(Oc3ccc(Cl)cc3)cc2)C1. The predicted molar refractivity (Wildman–Crippen MR) is 119 cm³/mol. The van der Waals surface area contributed by atoms with Gasteiger partial charge in [0, 0.05) is 43.3 Å². The van der Waals surface area contributed by atoms with Crippen molar-refractivity contribution in [2.75, 3.05) is 31.5 Å². The Morgan fingerprint density at radius 3 is 2.43 bits per heavy atom. The average molecular weight is 428 g/mol. The van der Waals surface area contributed by atoms with Crippen molar-refractivity contribution in [1.29, 1.82) is 0 Å². The summed E-state index contributed by atoms with van der Waals surface area (Å²) in [5, 5.41) is 3.56. The largest absolute Gasteiger partial charge is 0.457 e. The topological polar surface area (TPSA) is 61.9 Å². The van der Waals surface area contributed by atoms with Gasteiger partial charge in [0.2, 0.25) is 11.8 Å². The molecular weight excluding hydrogens is 402 g/mol. The number of nitrogens with one attached hydrogen (secondary N) is 1. The number of amides is 2. The molecule has 0 spiro atoms. The second kappa shape index (κ2) is 10.3. The van der Waals surface area contributed by atoms with E-state index in [2.05, 4.69) is 16.8 Å². The predicted octanol–water partition coefficient (Wildman–Crippen LogP) is 4.18. The van der Waals surface area contributed by atoms with Crippen LogP contribution in [0.15, 0.2) is 61.2 Å². The van der Waals surface area contributed by atoms with Crippen molar-refractivity contribution in [2.45, 2.75) is 19.4 Å². The van der Waals surface area contributed by atoms with E-state index in [0.29, 0.717) is 41.8 Å². The number of carbonyl (C=O) groups excluding carboxylic acids is 2. The molecule has 6 nitrogen and oxygen atoms in total. The molecule has 1 aliphatic rings. The number of hydrogen-bond donors (Lipinski definition) is 1. The van der Waals surface area contributed by atoms with E-state index in [-0.39, 0.29) is 17.9 Å². The van der Waals surface area contributed by atoms with E-state index in [9.17, 15) is 9.59 Å². The summed E-state index contributed by atoms with van der Waals surface area (Å²) in [5.41, 5.74) is 0.705. The monoisotopic (exact) mass is 427 g/mol. The summed E-state index contributed by atoms with van der Waals surface area (Å²) in [4.78, 5) is 28.1. The van der Waals surface area contributed by atoms with Gasteiger partial charge in [-0.1, -0.05) is 17.7 Å². The van der Waals surface area contributed by atoms with Crippen molar-refractivity contribution >= 4 is 29.1 Å². The Morgan fingerprint density at radius 2 is 1.83 bits per heavy atom. The average Bonchev–Trinajstić information content (AvgIpc) is 3.17. The molecule has 0 radical (unpaired) electrons. The highest BCUT2D eigenvalue weighted by Gasteiger charge is 2.29. The third kappa shape index (κ3) is 6.08. The van der Waals surface area contributed by atoms with Crippen LogP contribution in [0.5, 0.6) is 11.5 Å². The zero-order valence-electron chi connectivity index (χ0n) is 17.0. The van der Waals surface area contributed by atoms with E-state index in [0.717, 1.165) is 13.0 Å². The maximum atomic E-state index is 12.4. The first-order chi connectivity index (χ1) is 14.4. The van der Waals surface area contributed by atoms with Gasteiger partial charge in [0.15, 0.2) is 0 Å². The van der Waals surface area contributed by atoms with Crippen molar-refractivity contribution < 1.29 is 14.3 Å². The summed E-state index contributed by atoms with van der Waals surface area (Å²) in [7, 11) is 0. The van der Waals surface area contributed by atoms with E-state index in [1.54, 1.807) is 61.5 Å². The molecule has 1 aliphatic heterocycles. The number of halogens is 1. The van der Waals surface area contributed by atoms with Gasteiger partial charge >= 0.3 is 0 Å². The van der Waals surface area contributed by atoms with Crippen LogP contribution < -0.4 is 10.1 Å². The summed E-state index contributed by atoms with van der Waals surface area (Å²) in [6, 6.07) is 14.5. The van der Waals surface area contributed by atoms with Gasteiger partial charge < -0.3 is 15.0 Å². The van der Waals surface area contributed by atoms with E-state index < -0.39 is 0 Å². The highest BCUT2D eigenvalue weighted by Crippen LogP contribution is 2.24. The van der Waals surface area contributed by atoms with Crippen molar-refractivity contribution in [3.63, 3.8) is 0 Å². The molecule has 1 N–H and O–H groups in total. The van der Waals surface area contributed by atoms with Gasteiger partial charge in [0.25, 0.3) is 0 Å². The Morgan fingerprint density at radius 1 is 1.20 bits per heavy atom. The van der Waals surface area contributed by atoms with Gasteiger partial charge in [0.05, 0.1) is 6.54 Å². The van der Waals surface area contributed by atoms with Crippen molar-refractivity contribution in [1.82, 2.24) is 9.80 Å². The Balaban J connectivity index is 1.48. The van der Waals surface area contributed by atoms with Crippen LogP contribution in [0, 0.1) is 0 Å². The molecular formula is C23H26ClN3O3. The van der Waals surface area contributed by atoms with Crippen LogP contribution in [0.4, 0.5) is 5.69 Å². The van der Waals surface area contributed by atoms with Gasteiger partial charge in [0.1, 0.15) is 11.5 Å². The number of likely N-dealkylation sites (tertiary alicyclic amines) is 1. The van der Waals surface area contributed by atoms with Crippen LogP contribution >= 0.6 is 11.6 Å². The molecule has 0 unspecified atom stereocenters. The molecule has 2 aromatic carbocycles. The molecule has 0 bridgehead atoms. The van der Waals surface area contributed by atoms with Gasteiger partial charge in [-0.2, -0.15) is 0 Å². The molecule has 7 heteroatoms. The zero-order chi connectivity index (χ0) is 21.5. The number of rotatable bonds is 8. The van der Waals surface area contributed by atoms with E-state index in [4.69, 9.17) is 16.3 Å². The van der Waals surface area contributed by atoms with Crippen LogP contribution in [0.2, 0.25) is 5.02 Å². The fourth-order valence-electron chi connectivity index (χ4n) is 3.53. The first kappa shape index (κ1) is 21.9. The normalized spacial score (nSPS) is 16.1. The maximum Gasteiger partial charge on any atom is 0.238 e. The third-order valence-corrected chi connectivity index (χ3v) is 5.23. The number of ether oxygens (including phenoxy) is 1. The number of hydrogen-bond acceptors (Lipinski definition) is 4. The fraction of sp³-hybridized carbons (Fsp3) is 0.304. The first-order valence-electron chi connectivity index (χ1n) is 9.88. The minimum absolute atomic E-state index is 0.0344. The minimum atomic E-state index is -0.0832. The van der Waals surface area contributed by atoms with Crippen LogP contribution in [-0.2, 0) is 9.59 Å². The molecule has 0 saturated carbocycles. The quantitative estimate of drug-likeness (QED) is 0.642. The first-order valence-corrected chi connectivity index (χ1v) is 10.3. The number of benzene rings is 2. The van der Waals surface area contributed by atoms with Gasteiger partial charge in [-0.3, -0.25) is 14.5 Å². The summed E-state index contributed by atoms with van der Waals surface area (Å²) in [5.74, 6) is 1.31. The minimum Gasteiger partial charge on any atom is -0.457 e. The Bertz CT molecular complexity index is 884. The van der Waals surface area contributed by atoms with E-state index >= 15 is 0 Å². The van der Waals surface area contributed by atoms with Crippen molar-refractivity contribution in [3.05, 3.63) is 66.2 Å². The highest BCUT2D eigenvalue weighted by molar-refractivity contribution is 6.30. The summed E-state index contributed by atoms with van der Waals surface area (Å²) >= 11 is 5.88. The molecule has 1 fully saturated rings. The fourth-order valence-corrected chi connectivity index (χ4v) is 3.66. The van der Waals surface area contributed by atoms with E-state index in [1.807, 2.05) is 4.90 Å². The Labute approximate surface area is 182 Å². The number of anilines is 1. The third-order valence-electron chi connectivity index (χ3n) is 4.97. The lowest BCUT2D eigenvalue weighted by molar-refractivity contribution is -0.130. The second-order valence-electron chi connectivity index (χ2n) is 7.27. The second-order valence-corrected chi connectivity index (χ2v) is 7.70. The number of carbonyl (C=O) groups is 2. The van der Waals surface area contributed by atoms with Crippen LogP contribution in [-0.4, -0.2) is 53.8 Å². The van der Waals surface area contributed by atoms with Crippen LogP contribution in [0.3, 0.4) is 0 Å². The molecule has 0 aliphatic carbocycles. The van der Waals surface area contributed by atoms with E-state index in [1.165, 1.54) is 0 Å². The van der Waals surface area contributed by atoms with Crippen LogP contribution in [0.25, 0.3) is 0 Å². The molecule has 3 rings (SSSR count). The molecule has 1 atom stereocenters. The molecule has 2 aromatic rings. The molecule has 1 saturated heterocycles. The summed E-state index contributed by atoms with van der Waals surface area (Å²) in [6.45, 7) is 7.58. The molecule has 158 valence electrons. The van der Waals surface area contributed by atoms with Crippen molar-refractivity contribution in [2.24, 2.45) is 0 Å². The molecule has 2 amide bonds. The molecule has 0 aromatic heterocycles. The van der Waals surface area contributed by atoms with Gasteiger partial charge in [-0.05, 0) is 55.0 Å². The smallest absolute Gasteiger partial charge is 0.238 e. The lowest BCUT2D eigenvalue weighted by Crippen LogP contribution is -2.41. The van der Waals surface area contributed by atoms with Crippen LogP contribution in [0.1, 0.15) is 13.3 Å². The summed E-state index contributed by atoms with van der Waals surface area (Å²) in [6.07, 6.45) is 2.59. The Hall–Kier alpha value is -2.83. The molecule has 30 heavy (non-hydrogen) atoms. The van der Waals surface area contributed by atoms with Gasteiger partial charge in [-0.15, -0.1) is 6.58 Å². The lowest BCUT2D eigenvalue weighted by Gasteiger charge is -2.26. The van der Waals surface area contributed by atoms with Crippen molar-refractivity contribution in [3.8, 4) is 11.5 Å². The summed E-state index contributed by atoms with van der Waals surface area (Å²) < 4.78 is 5.76. The standard InChI is InChI=1S/C23H26ClN3O3/c1-3-13-27(17(2)28)20-12-14-26(15-20)16-23(29)25-19-6-10-22(11-7-19)30-21-8-4-18(24)5-9-21/h3-11,20H,1,12-16H2,2H3,(H,25,29)/t20-/m0/s1. The molecule has 1 heterocycles. The number of nitrogens with zero attached hydrogens (tertiary/aromatic N) is 2. The van der Waals surface area contributed by atoms with Gasteiger partial charge in [-0.25, -0.2) is 0 Å². The maximum absolute atomic E-state index is 12.4. The zero-order valence-corrected chi connectivity index (χ0v) is 17.8. The lowest BCUT2D eigenvalue weighted by atomic mass is 10.2.